The fraction of sp³-hybridized carbons (Fsp3) is 0.562. The highest BCUT2D eigenvalue weighted by molar-refractivity contribution is 5.99. The van der Waals surface area contributed by atoms with Crippen LogP contribution in [-0.4, -0.2) is 41.0 Å². The van der Waals surface area contributed by atoms with E-state index >= 15 is 0 Å². The third kappa shape index (κ3) is 3.44. The standard InChI is InChI=1S/C16H22FNO2/c1-12(16(20)13-6-8-14(17)9-7-13)18-10-4-2-3-5-15(18)11-19/h6-9,12,15,19H,2-5,10-11H2,1H3. The molecule has 1 heterocycles. The van der Waals surface area contributed by atoms with Crippen molar-refractivity contribution < 1.29 is 14.3 Å². The van der Waals surface area contributed by atoms with E-state index in [0.29, 0.717) is 5.56 Å². The first-order valence-electron chi connectivity index (χ1n) is 7.30. The number of aliphatic hydroxyl groups excluding tert-OH is 1. The lowest BCUT2D eigenvalue weighted by molar-refractivity contribution is 0.0650. The van der Waals surface area contributed by atoms with Gasteiger partial charge in [0.1, 0.15) is 5.82 Å². The number of nitrogens with zero attached hydrogens (tertiary/aromatic N) is 1. The van der Waals surface area contributed by atoms with Gasteiger partial charge in [0.05, 0.1) is 12.6 Å². The second-order valence-electron chi connectivity index (χ2n) is 5.47. The summed E-state index contributed by atoms with van der Waals surface area (Å²) in [4.78, 5) is 14.6. The molecular formula is C16H22FNO2. The topological polar surface area (TPSA) is 40.5 Å². The van der Waals surface area contributed by atoms with E-state index in [0.717, 1.165) is 32.2 Å². The van der Waals surface area contributed by atoms with Crippen LogP contribution in [0.25, 0.3) is 0 Å². The molecule has 0 aliphatic carbocycles. The van der Waals surface area contributed by atoms with Crippen LogP contribution in [0, 0.1) is 5.82 Å². The van der Waals surface area contributed by atoms with E-state index in [4.69, 9.17) is 0 Å². The van der Waals surface area contributed by atoms with Gasteiger partial charge in [-0.25, -0.2) is 4.39 Å². The summed E-state index contributed by atoms with van der Waals surface area (Å²) in [6.07, 6.45) is 4.22. The third-order valence-electron chi connectivity index (χ3n) is 4.14. The molecule has 0 radical (unpaired) electrons. The molecule has 0 aromatic heterocycles. The zero-order valence-electron chi connectivity index (χ0n) is 11.9. The van der Waals surface area contributed by atoms with Gasteiger partial charge in [0.25, 0.3) is 0 Å². The van der Waals surface area contributed by atoms with E-state index in [-0.39, 0.29) is 30.3 Å². The van der Waals surface area contributed by atoms with Crippen LogP contribution < -0.4 is 0 Å². The Labute approximate surface area is 119 Å². The first-order chi connectivity index (χ1) is 9.63. The average molecular weight is 279 g/mol. The van der Waals surface area contributed by atoms with Gasteiger partial charge in [0.15, 0.2) is 5.78 Å². The van der Waals surface area contributed by atoms with Crippen molar-refractivity contribution >= 4 is 5.78 Å². The van der Waals surface area contributed by atoms with Crippen molar-refractivity contribution in [1.29, 1.82) is 0 Å². The minimum Gasteiger partial charge on any atom is -0.395 e. The quantitative estimate of drug-likeness (QED) is 0.861. The Morgan fingerprint density at radius 3 is 2.70 bits per heavy atom. The largest absolute Gasteiger partial charge is 0.395 e. The van der Waals surface area contributed by atoms with Crippen LogP contribution in [-0.2, 0) is 0 Å². The molecule has 1 aromatic rings. The zero-order valence-corrected chi connectivity index (χ0v) is 11.9. The molecule has 1 fully saturated rings. The monoisotopic (exact) mass is 279 g/mol. The predicted molar refractivity (Wildman–Crippen MR) is 76.2 cm³/mol. The normalized spacial score (nSPS) is 22.2. The Balaban J connectivity index is 2.13. The van der Waals surface area contributed by atoms with Crippen LogP contribution in [0.3, 0.4) is 0 Å². The molecule has 2 unspecified atom stereocenters. The van der Waals surface area contributed by atoms with E-state index in [1.165, 1.54) is 24.3 Å². The number of hydrogen-bond acceptors (Lipinski definition) is 3. The van der Waals surface area contributed by atoms with Crippen molar-refractivity contribution in [2.45, 2.75) is 44.7 Å². The van der Waals surface area contributed by atoms with Gasteiger partial charge in [-0.15, -0.1) is 0 Å². The summed E-state index contributed by atoms with van der Waals surface area (Å²) in [6.45, 7) is 2.79. The Bertz CT molecular complexity index is 446. The molecule has 2 rings (SSSR count). The SMILES string of the molecule is CC(C(=O)c1ccc(F)cc1)N1CCCCCC1CO. The van der Waals surface area contributed by atoms with Gasteiger partial charge < -0.3 is 5.11 Å². The number of carbonyl (C=O) groups excluding carboxylic acids is 1. The summed E-state index contributed by atoms with van der Waals surface area (Å²) >= 11 is 0. The number of ketones is 1. The van der Waals surface area contributed by atoms with Gasteiger partial charge in [0.2, 0.25) is 0 Å². The number of benzene rings is 1. The molecule has 0 amide bonds. The van der Waals surface area contributed by atoms with Crippen LogP contribution in [0.15, 0.2) is 24.3 Å². The molecule has 110 valence electrons. The van der Waals surface area contributed by atoms with Gasteiger partial charge in [-0.1, -0.05) is 12.8 Å². The molecule has 20 heavy (non-hydrogen) atoms. The van der Waals surface area contributed by atoms with Gasteiger partial charge in [-0.05, 0) is 50.6 Å². The number of halogens is 1. The number of hydrogen-bond donors (Lipinski definition) is 1. The van der Waals surface area contributed by atoms with Gasteiger partial charge >= 0.3 is 0 Å². The lowest BCUT2D eigenvalue weighted by Gasteiger charge is -2.33. The lowest BCUT2D eigenvalue weighted by Crippen LogP contribution is -2.47. The van der Waals surface area contributed by atoms with E-state index < -0.39 is 0 Å². The molecule has 0 spiro atoms. The maximum absolute atomic E-state index is 12.9. The molecule has 0 saturated carbocycles. The molecule has 4 heteroatoms. The maximum atomic E-state index is 12.9. The van der Waals surface area contributed by atoms with Crippen molar-refractivity contribution in [2.24, 2.45) is 0 Å². The molecule has 1 saturated heterocycles. The number of carbonyl (C=O) groups is 1. The third-order valence-corrected chi connectivity index (χ3v) is 4.14. The van der Waals surface area contributed by atoms with E-state index in [1.54, 1.807) is 0 Å². The van der Waals surface area contributed by atoms with Crippen LogP contribution in [0.1, 0.15) is 43.0 Å². The van der Waals surface area contributed by atoms with E-state index in [1.807, 2.05) is 6.92 Å². The number of Topliss-reactive ketones (excluding diaryl/α,β-unsaturated/α-hetero) is 1. The molecule has 1 aromatic carbocycles. The second-order valence-corrected chi connectivity index (χ2v) is 5.47. The fourth-order valence-electron chi connectivity index (χ4n) is 2.91. The number of rotatable bonds is 4. The van der Waals surface area contributed by atoms with Crippen LogP contribution >= 0.6 is 0 Å². The highest BCUT2D eigenvalue weighted by Gasteiger charge is 2.29. The summed E-state index contributed by atoms with van der Waals surface area (Å²) in [6, 6.07) is 5.45. The smallest absolute Gasteiger partial charge is 0.179 e. The van der Waals surface area contributed by atoms with Crippen molar-refractivity contribution in [1.82, 2.24) is 4.90 Å². The number of aliphatic hydroxyl groups is 1. The van der Waals surface area contributed by atoms with Crippen molar-refractivity contribution in [2.75, 3.05) is 13.2 Å². The van der Waals surface area contributed by atoms with Crippen molar-refractivity contribution in [3.05, 3.63) is 35.6 Å². The predicted octanol–water partition coefficient (Wildman–Crippen LogP) is 2.63. The fourth-order valence-corrected chi connectivity index (χ4v) is 2.91. The maximum Gasteiger partial charge on any atom is 0.179 e. The van der Waals surface area contributed by atoms with Gasteiger partial charge in [-0.2, -0.15) is 0 Å². The highest BCUT2D eigenvalue weighted by atomic mass is 19.1. The molecule has 1 aliphatic heterocycles. The Morgan fingerprint density at radius 1 is 1.35 bits per heavy atom. The zero-order chi connectivity index (χ0) is 14.5. The Hall–Kier alpha value is -1.26. The van der Waals surface area contributed by atoms with E-state index in [2.05, 4.69) is 4.90 Å². The minimum atomic E-state index is -0.336. The molecular weight excluding hydrogens is 257 g/mol. The van der Waals surface area contributed by atoms with E-state index in [9.17, 15) is 14.3 Å². The molecule has 3 nitrogen and oxygen atoms in total. The summed E-state index contributed by atoms with van der Waals surface area (Å²) in [7, 11) is 0. The lowest BCUT2D eigenvalue weighted by atomic mass is 10.0. The van der Waals surface area contributed by atoms with Crippen LogP contribution in [0.2, 0.25) is 0 Å². The van der Waals surface area contributed by atoms with Gasteiger partial charge in [-0.3, -0.25) is 9.69 Å². The van der Waals surface area contributed by atoms with Crippen LogP contribution in [0.4, 0.5) is 4.39 Å². The molecule has 2 atom stereocenters. The summed E-state index contributed by atoms with van der Waals surface area (Å²) in [5.74, 6) is -0.345. The molecule has 1 N–H and O–H groups in total. The average Bonchev–Trinajstić information content (AvgIpc) is 2.71. The van der Waals surface area contributed by atoms with Crippen molar-refractivity contribution in [3.63, 3.8) is 0 Å². The van der Waals surface area contributed by atoms with Gasteiger partial charge in [0, 0.05) is 11.6 Å². The Kier molecular flexibility index (Phi) is 5.26. The summed E-state index contributed by atoms with van der Waals surface area (Å²) < 4.78 is 12.9. The number of likely N-dealkylation sites (tertiary alicyclic amines) is 1. The molecule has 1 aliphatic rings. The minimum absolute atomic E-state index is 0.00894. The summed E-state index contributed by atoms with van der Waals surface area (Å²) in [5, 5.41) is 9.52. The van der Waals surface area contributed by atoms with Crippen LogP contribution in [0.5, 0.6) is 0 Å². The highest BCUT2D eigenvalue weighted by Crippen LogP contribution is 2.21. The Morgan fingerprint density at radius 2 is 2.05 bits per heavy atom. The second kappa shape index (κ2) is 6.95. The van der Waals surface area contributed by atoms with Crippen molar-refractivity contribution in [3.8, 4) is 0 Å². The molecule has 0 bridgehead atoms. The first kappa shape index (κ1) is 15.1. The summed E-state index contributed by atoms with van der Waals surface area (Å²) in [5.41, 5.74) is 0.528. The first-order valence-corrected chi connectivity index (χ1v) is 7.30.